The normalized spacial score (nSPS) is 10.2. The molecule has 0 radical (unpaired) electrons. The molecule has 0 fully saturated rings. The molecule has 0 bridgehead atoms. The second-order valence-electron chi connectivity index (χ2n) is 5.00. The van der Waals surface area contributed by atoms with Crippen molar-refractivity contribution < 1.29 is 23.1 Å². The van der Waals surface area contributed by atoms with Crippen LogP contribution < -0.4 is 15.4 Å². The number of nitrogens with one attached hydrogen (secondary N) is 2. The van der Waals surface area contributed by atoms with Crippen molar-refractivity contribution in [2.45, 2.75) is 6.54 Å². The Kier molecular flexibility index (Phi) is 6.30. The number of hydrogen-bond acceptors (Lipinski definition) is 3. The summed E-state index contributed by atoms with van der Waals surface area (Å²) in [7, 11) is 1.48. The molecular formula is C17H15ClF2N2O3. The van der Waals surface area contributed by atoms with Crippen molar-refractivity contribution in [1.82, 2.24) is 10.6 Å². The predicted octanol–water partition coefficient (Wildman–Crippen LogP) is 2.67. The molecule has 0 aromatic heterocycles. The van der Waals surface area contributed by atoms with Crippen LogP contribution in [-0.2, 0) is 11.3 Å². The molecule has 2 rings (SSSR count). The molecule has 8 heteroatoms. The van der Waals surface area contributed by atoms with Gasteiger partial charge in [0.25, 0.3) is 5.91 Å². The van der Waals surface area contributed by atoms with Gasteiger partial charge in [-0.25, -0.2) is 8.78 Å². The number of hydrogen-bond donors (Lipinski definition) is 2. The second-order valence-corrected chi connectivity index (χ2v) is 5.41. The van der Waals surface area contributed by atoms with E-state index in [0.717, 1.165) is 12.1 Å². The molecule has 0 aliphatic rings. The maximum Gasteiger partial charge on any atom is 0.254 e. The van der Waals surface area contributed by atoms with Crippen LogP contribution in [0, 0.1) is 11.6 Å². The van der Waals surface area contributed by atoms with E-state index in [2.05, 4.69) is 10.6 Å². The number of ether oxygens (including phenoxy) is 1. The Bertz CT molecular complexity index is 799. The van der Waals surface area contributed by atoms with E-state index in [1.807, 2.05) is 0 Å². The number of carbonyl (C=O) groups excluding carboxylic acids is 2. The smallest absolute Gasteiger partial charge is 0.254 e. The molecule has 2 aromatic rings. The zero-order valence-electron chi connectivity index (χ0n) is 13.2. The van der Waals surface area contributed by atoms with Crippen molar-refractivity contribution in [1.29, 1.82) is 0 Å². The monoisotopic (exact) mass is 368 g/mol. The van der Waals surface area contributed by atoms with Gasteiger partial charge in [-0.2, -0.15) is 0 Å². The number of amides is 2. The Morgan fingerprint density at radius 1 is 1.16 bits per heavy atom. The molecule has 0 saturated heterocycles. The molecule has 0 saturated carbocycles. The van der Waals surface area contributed by atoms with Crippen molar-refractivity contribution in [3.05, 3.63) is 64.2 Å². The summed E-state index contributed by atoms with van der Waals surface area (Å²) in [4.78, 5) is 23.7. The number of carbonyl (C=O) groups is 2. The van der Waals surface area contributed by atoms with Gasteiger partial charge in [-0.15, -0.1) is 0 Å². The number of benzene rings is 2. The van der Waals surface area contributed by atoms with Crippen molar-refractivity contribution >= 4 is 23.4 Å². The van der Waals surface area contributed by atoms with Gasteiger partial charge in [0.05, 0.1) is 19.2 Å². The van der Waals surface area contributed by atoms with Gasteiger partial charge < -0.3 is 15.4 Å². The summed E-state index contributed by atoms with van der Waals surface area (Å²) in [5, 5.41) is 5.26. The minimum absolute atomic E-state index is 0.0997. The lowest BCUT2D eigenvalue weighted by Crippen LogP contribution is -2.37. The molecule has 25 heavy (non-hydrogen) atoms. The SMILES string of the molecule is COc1cccc(Cl)c1CNC(=O)CNC(=O)c1ccc(F)cc1F. The van der Waals surface area contributed by atoms with E-state index >= 15 is 0 Å². The number of rotatable bonds is 6. The minimum Gasteiger partial charge on any atom is -0.496 e. The Morgan fingerprint density at radius 2 is 1.92 bits per heavy atom. The Labute approximate surface area is 147 Å². The van der Waals surface area contributed by atoms with Crippen LogP contribution in [0.1, 0.15) is 15.9 Å². The van der Waals surface area contributed by atoms with Crippen LogP contribution >= 0.6 is 11.6 Å². The summed E-state index contributed by atoms with van der Waals surface area (Å²) in [6.07, 6.45) is 0. The van der Waals surface area contributed by atoms with Crippen LogP contribution in [0.4, 0.5) is 8.78 Å². The number of halogens is 3. The van der Waals surface area contributed by atoms with Gasteiger partial charge in [0, 0.05) is 23.2 Å². The van der Waals surface area contributed by atoms with Crippen LogP contribution in [0.2, 0.25) is 5.02 Å². The van der Waals surface area contributed by atoms with Gasteiger partial charge in [0.2, 0.25) is 5.91 Å². The van der Waals surface area contributed by atoms with E-state index in [4.69, 9.17) is 16.3 Å². The van der Waals surface area contributed by atoms with Gasteiger partial charge in [-0.1, -0.05) is 17.7 Å². The molecule has 2 N–H and O–H groups in total. The average Bonchev–Trinajstić information content (AvgIpc) is 2.58. The first-order valence-electron chi connectivity index (χ1n) is 7.23. The van der Waals surface area contributed by atoms with Crippen molar-refractivity contribution in [3.63, 3.8) is 0 Å². The molecule has 132 valence electrons. The summed E-state index contributed by atoms with van der Waals surface area (Å²) in [5.74, 6) is -2.59. The Balaban J connectivity index is 1.90. The fourth-order valence-electron chi connectivity index (χ4n) is 2.08. The predicted molar refractivity (Wildman–Crippen MR) is 88.5 cm³/mol. The van der Waals surface area contributed by atoms with Gasteiger partial charge in [-0.3, -0.25) is 9.59 Å². The molecule has 0 aliphatic heterocycles. The molecule has 2 aromatic carbocycles. The Hall–Kier alpha value is -2.67. The minimum atomic E-state index is -1.00. The highest BCUT2D eigenvalue weighted by Gasteiger charge is 2.14. The van der Waals surface area contributed by atoms with Crippen LogP contribution in [-0.4, -0.2) is 25.5 Å². The summed E-state index contributed by atoms with van der Waals surface area (Å²) in [5.41, 5.74) is 0.248. The zero-order valence-corrected chi connectivity index (χ0v) is 14.0. The van der Waals surface area contributed by atoms with Crippen molar-refractivity contribution in [2.24, 2.45) is 0 Å². The molecule has 0 unspecified atom stereocenters. The molecule has 0 heterocycles. The van der Waals surface area contributed by atoms with E-state index in [9.17, 15) is 18.4 Å². The maximum absolute atomic E-state index is 13.5. The third-order valence-corrected chi connectivity index (χ3v) is 3.70. The van der Waals surface area contributed by atoms with Gasteiger partial charge in [-0.05, 0) is 24.3 Å². The van der Waals surface area contributed by atoms with E-state index in [0.29, 0.717) is 22.4 Å². The van der Waals surface area contributed by atoms with Crippen LogP contribution in [0.25, 0.3) is 0 Å². The first kappa shape index (κ1) is 18.7. The highest BCUT2D eigenvalue weighted by Crippen LogP contribution is 2.25. The van der Waals surface area contributed by atoms with Crippen LogP contribution in [0.5, 0.6) is 5.75 Å². The van der Waals surface area contributed by atoms with Gasteiger partial charge in [0.1, 0.15) is 17.4 Å². The lowest BCUT2D eigenvalue weighted by atomic mass is 10.2. The van der Waals surface area contributed by atoms with E-state index in [1.165, 1.54) is 7.11 Å². The van der Waals surface area contributed by atoms with E-state index < -0.39 is 23.4 Å². The third-order valence-electron chi connectivity index (χ3n) is 3.34. The molecule has 5 nitrogen and oxygen atoms in total. The summed E-state index contributed by atoms with van der Waals surface area (Å²) in [6.45, 7) is -0.273. The molecule has 0 spiro atoms. The van der Waals surface area contributed by atoms with Crippen molar-refractivity contribution in [2.75, 3.05) is 13.7 Å². The highest BCUT2D eigenvalue weighted by molar-refractivity contribution is 6.31. The fourth-order valence-corrected chi connectivity index (χ4v) is 2.31. The summed E-state index contributed by atoms with van der Waals surface area (Å²) < 4.78 is 31.5. The zero-order chi connectivity index (χ0) is 18.4. The van der Waals surface area contributed by atoms with E-state index in [-0.39, 0.29) is 18.7 Å². The van der Waals surface area contributed by atoms with Gasteiger partial charge in [0.15, 0.2) is 0 Å². The number of methoxy groups -OCH3 is 1. The topological polar surface area (TPSA) is 67.4 Å². The molecule has 0 aliphatic carbocycles. The highest BCUT2D eigenvalue weighted by atomic mass is 35.5. The maximum atomic E-state index is 13.5. The first-order valence-corrected chi connectivity index (χ1v) is 7.61. The first-order chi connectivity index (χ1) is 11.9. The lowest BCUT2D eigenvalue weighted by molar-refractivity contribution is -0.120. The van der Waals surface area contributed by atoms with Gasteiger partial charge >= 0.3 is 0 Å². The van der Waals surface area contributed by atoms with E-state index in [1.54, 1.807) is 18.2 Å². The summed E-state index contributed by atoms with van der Waals surface area (Å²) >= 11 is 6.06. The average molecular weight is 369 g/mol. The largest absolute Gasteiger partial charge is 0.496 e. The third kappa shape index (κ3) is 4.90. The van der Waals surface area contributed by atoms with Crippen LogP contribution in [0.15, 0.2) is 36.4 Å². The standard InChI is InChI=1S/C17H15ClF2N2O3/c1-25-15-4-2-3-13(18)12(15)8-21-16(23)9-22-17(24)11-6-5-10(19)7-14(11)20/h2-7H,8-9H2,1H3,(H,21,23)(H,22,24). The van der Waals surface area contributed by atoms with Crippen LogP contribution in [0.3, 0.4) is 0 Å². The Morgan fingerprint density at radius 3 is 2.60 bits per heavy atom. The summed E-state index contributed by atoms with van der Waals surface area (Å²) in [6, 6.07) is 7.63. The molecule has 2 amide bonds. The quantitative estimate of drug-likeness (QED) is 0.823. The van der Waals surface area contributed by atoms with Crippen molar-refractivity contribution in [3.8, 4) is 5.75 Å². The molecule has 0 atom stereocenters. The fraction of sp³-hybridized carbons (Fsp3) is 0.176. The lowest BCUT2D eigenvalue weighted by Gasteiger charge is -2.12. The molecular weight excluding hydrogens is 354 g/mol. The second kappa shape index (κ2) is 8.43.